The van der Waals surface area contributed by atoms with Crippen molar-refractivity contribution in [1.82, 2.24) is 10.2 Å². The van der Waals surface area contributed by atoms with Gasteiger partial charge in [-0.2, -0.15) is 0 Å². The molecule has 2 amide bonds. The van der Waals surface area contributed by atoms with Gasteiger partial charge in [0.25, 0.3) is 0 Å². The zero-order chi connectivity index (χ0) is 15.6. The number of amides is 2. The maximum atomic E-state index is 12.7. The first-order valence-electron chi connectivity index (χ1n) is 8.41. The molecule has 2 atom stereocenters. The Morgan fingerprint density at radius 2 is 1.81 bits per heavy atom. The predicted molar refractivity (Wildman–Crippen MR) is 83.8 cm³/mol. The minimum Gasteiger partial charge on any atom is -0.342 e. The summed E-state index contributed by atoms with van der Waals surface area (Å²) in [5, 5.41) is 2.89. The Balaban J connectivity index is 1.94. The molecule has 0 aromatic rings. The Labute approximate surface area is 128 Å². The van der Waals surface area contributed by atoms with Gasteiger partial charge in [0.2, 0.25) is 11.8 Å². The van der Waals surface area contributed by atoms with Crippen LogP contribution in [0.1, 0.15) is 66.2 Å². The summed E-state index contributed by atoms with van der Waals surface area (Å²) in [6.07, 6.45) is 7.61. The highest BCUT2D eigenvalue weighted by atomic mass is 16.2. The van der Waals surface area contributed by atoms with Crippen LogP contribution in [-0.2, 0) is 9.59 Å². The maximum absolute atomic E-state index is 12.7. The zero-order valence-electron chi connectivity index (χ0n) is 13.9. The van der Waals surface area contributed by atoms with Crippen LogP contribution < -0.4 is 5.32 Å². The lowest BCUT2D eigenvalue weighted by Gasteiger charge is -2.42. The fourth-order valence-electron chi connectivity index (χ4n) is 3.56. The summed E-state index contributed by atoms with van der Waals surface area (Å²) in [6.45, 7) is 8.56. The fraction of sp³-hybridized carbons (Fsp3) is 0.882. The van der Waals surface area contributed by atoms with E-state index in [9.17, 15) is 9.59 Å². The van der Waals surface area contributed by atoms with Crippen molar-refractivity contribution < 1.29 is 9.59 Å². The third kappa shape index (κ3) is 3.78. The van der Waals surface area contributed by atoms with E-state index in [0.29, 0.717) is 0 Å². The van der Waals surface area contributed by atoms with Gasteiger partial charge in [0.05, 0.1) is 0 Å². The molecule has 0 aromatic heterocycles. The molecule has 1 N–H and O–H groups in total. The Bertz CT molecular complexity index is 394. The highest BCUT2D eigenvalue weighted by Crippen LogP contribution is 2.29. The molecule has 21 heavy (non-hydrogen) atoms. The first kappa shape index (κ1) is 16.3. The standard InChI is InChI=1S/C17H30N2O2/c1-12-15(20)18-14(17(2,3)4)16(21)19(12)11-7-10-13-8-5-6-9-13/h12-14H,5-11H2,1-4H3,(H,18,20). The van der Waals surface area contributed by atoms with Gasteiger partial charge in [-0.05, 0) is 31.1 Å². The van der Waals surface area contributed by atoms with E-state index in [1.807, 2.05) is 27.7 Å². The lowest BCUT2D eigenvalue weighted by Crippen LogP contribution is -2.65. The molecular weight excluding hydrogens is 264 g/mol. The van der Waals surface area contributed by atoms with E-state index in [4.69, 9.17) is 0 Å². The van der Waals surface area contributed by atoms with E-state index in [-0.39, 0.29) is 23.3 Å². The number of nitrogens with zero attached hydrogens (tertiary/aromatic N) is 1. The summed E-state index contributed by atoms with van der Waals surface area (Å²) in [4.78, 5) is 26.6. The highest BCUT2D eigenvalue weighted by Gasteiger charge is 2.43. The van der Waals surface area contributed by atoms with Crippen LogP contribution in [-0.4, -0.2) is 35.3 Å². The first-order valence-corrected chi connectivity index (χ1v) is 8.41. The van der Waals surface area contributed by atoms with E-state index in [1.165, 1.54) is 32.1 Å². The number of carbonyl (C=O) groups excluding carboxylic acids is 2. The second-order valence-electron chi connectivity index (χ2n) is 7.81. The topological polar surface area (TPSA) is 49.4 Å². The van der Waals surface area contributed by atoms with E-state index in [0.717, 1.165) is 18.9 Å². The van der Waals surface area contributed by atoms with Crippen LogP contribution in [0.15, 0.2) is 0 Å². The second kappa shape index (κ2) is 6.37. The monoisotopic (exact) mass is 294 g/mol. The van der Waals surface area contributed by atoms with Gasteiger partial charge in [0.15, 0.2) is 0 Å². The van der Waals surface area contributed by atoms with Gasteiger partial charge >= 0.3 is 0 Å². The number of rotatable bonds is 4. The third-order valence-corrected chi connectivity index (χ3v) is 5.02. The summed E-state index contributed by atoms with van der Waals surface area (Å²) >= 11 is 0. The van der Waals surface area contributed by atoms with Crippen molar-refractivity contribution in [3.63, 3.8) is 0 Å². The van der Waals surface area contributed by atoms with Crippen LogP contribution in [0.3, 0.4) is 0 Å². The quantitative estimate of drug-likeness (QED) is 0.866. The molecule has 1 aliphatic heterocycles. The predicted octanol–water partition coefficient (Wildman–Crippen LogP) is 2.72. The summed E-state index contributed by atoms with van der Waals surface area (Å²) in [5.41, 5.74) is -0.239. The lowest BCUT2D eigenvalue weighted by molar-refractivity contribution is -0.151. The van der Waals surface area contributed by atoms with E-state index < -0.39 is 6.04 Å². The summed E-state index contributed by atoms with van der Waals surface area (Å²) in [6, 6.07) is -0.729. The minimum absolute atomic E-state index is 0.0182. The zero-order valence-corrected chi connectivity index (χ0v) is 13.9. The van der Waals surface area contributed by atoms with Gasteiger partial charge < -0.3 is 10.2 Å². The van der Waals surface area contributed by atoms with Gasteiger partial charge in [-0.25, -0.2) is 0 Å². The second-order valence-corrected chi connectivity index (χ2v) is 7.81. The maximum Gasteiger partial charge on any atom is 0.246 e. The summed E-state index contributed by atoms with van der Waals surface area (Å²) in [7, 11) is 0. The van der Waals surface area contributed by atoms with Crippen LogP contribution in [0.4, 0.5) is 0 Å². The number of hydrogen-bond acceptors (Lipinski definition) is 2. The molecule has 1 aliphatic carbocycles. The molecule has 120 valence electrons. The van der Waals surface area contributed by atoms with Crippen LogP contribution in [0.2, 0.25) is 0 Å². The van der Waals surface area contributed by atoms with Gasteiger partial charge in [0.1, 0.15) is 12.1 Å². The molecular formula is C17H30N2O2. The average Bonchev–Trinajstić information content (AvgIpc) is 2.89. The van der Waals surface area contributed by atoms with Crippen LogP contribution in [0, 0.1) is 11.3 Å². The molecule has 2 aliphatic rings. The minimum atomic E-state index is -0.396. The molecule has 0 bridgehead atoms. The van der Waals surface area contributed by atoms with Crippen molar-refractivity contribution in [2.24, 2.45) is 11.3 Å². The number of hydrogen-bond donors (Lipinski definition) is 1. The highest BCUT2D eigenvalue weighted by molar-refractivity contribution is 5.97. The fourth-order valence-corrected chi connectivity index (χ4v) is 3.56. The normalized spacial score (nSPS) is 28.1. The van der Waals surface area contributed by atoms with Crippen molar-refractivity contribution in [1.29, 1.82) is 0 Å². The smallest absolute Gasteiger partial charge is 0.246 e. The Kier molecular flexibility index (Phi) is 4.95. The van der Waals surface area contributed by atoms with E-state index in [1.54, 1.807) is 4.90 Å². The lowest BCUT2D eigenvalue weighted by atomic mass is 9.84. The van der Waals surface area contributed by atoms with Crippen LogP contribution >= 0.6 is 0 Å². The molecule has 2 unspecified atom stereocenters. The average molecular weight is 294 g/mol. The van der Waals surface area contributed by atoms with Crippen molar-refractivity contribution >= 4 is 11.8 Å². The summed E-state index contributed by atoms with van der Waals surface area (Å²) < 4.78 is 0. The molecule has 2 fully saturated rings. The van der Waals surface area contributed by atoms with Gasteiger partial charge in [-0.15, -0.1) is 0 Å². The van der Waals surface area contributed by atoms with Crippen LogP contribution in [0.5, 0.6) is 0 Å². The number of carbonyl (C=O) groups is 2. The van der Waals surface area contributed by atoms with E-state index >= 15 is 0 Å². The van der Waals surface area contributed by atoms with Gasteiger partial charge in [0, 0.05) is 6.54 Å². The molecule has 2 rings (SSSR count). The van der Waals surface area contributed by atoms with Crippen molar-refractivity contribution in [3.8, 4) is 0 Å². The molecule has 4 heteroatoms. The van der Waals surface area contributed by atoms with Gasteiger partial charge in [-0.3, -0.25) is 9.59 Å². The third-order valence-electron chi connectivity index (χ3n) is 5.02. The molecule has 0 radical (unpaired) electrons. The van der Waals surface area contributed by atoms with Crippen LogP contribution in [0.25, 0.3) is 0 Å². The molecule has 1 heterocycles. The molecule has 1 saturated carbocycles. The first-order chi connectivity index (χ1) is 9.80. The molecule has 0 aromatic carbocycles. The number of piperazine rings is 1. The van der Waals surface area contributed by atoms with Crippen molar-refractivity contribution in [2.45, 2.75) is 78.3 Å². The van der Waals surface area contributed by atoms with Gasteiger partial charge in [-0.1, -0.05) is 46.5 Å². The molecule has 1 saturated heterocycles. The Hall–Kier alpha value is -1.06. The number of nitrogens with one attached hydrogen (secondary N) is 1. The Morgan fingerprint density at radius 3 is 2.38 bits per heavy atom. The summed E-state index contributed by atoms with van der Waals surface area (Å²) in [5.74, 6) is 0.906. The Morgan fingerprint density at radius 1 is 1.19 bits per heavy atom. The van der Waals surface area contributed by atoms with Crippen molar-refractivity contribution in [2.75, 3.05) is 6.54 Å². The van der Waals surface area contributed by atoms with E-state index in [2.05, 4.69) is 5.32 Å². The van der Waals surface area contributed by atoms with Crippen molar-refractivity contribution in [3.05, 3.63) is 0 Å². The molecule has 4 nitrogen and oxygen atoms in total. The SMILES string of the molecule is CC1C(=O)NC(C(C)(C)C)C(=O)N1CCCC1CCCC1. The largest absolute Gasteiger partial charge is 0.342 e. The molecule has 0 spiro atoms.